The van der Waals surface area contributed by atoms with Crippen LogP contribution in [0.3, 0.4) is 0 Å². The normalized spacial score (nSPS) is 11.5. The Morgan fingerprint density at radius 3 is 2.52 bits per heavy atom. The molecule has 1 aromatic heterocycles. The van der Waals surface area contributed by atoms with Crippen LogP contribution in [0.25, 0.3) is 5.69 Å². The Morgan fingerprint density at radius 1 is 1.15 bits per heavy atom. The largest absolute Gasteiger partial charge is 0.434 e. The molecule has 140 valence electrons. The van der Waals surface area contributed by atoms with Gasteiger partial charge < -0.3 is 5.32 Å². The molecule has 0 fully saturated rings. The molecule has 0 radical (unpaired) electrons. The summed E-state index contributed by atoms with van der Waals surface area (Å²) in [4.78, 5) is 12.6. The minimum absolute atomic E-state index is 0.112. The van der Waals surface area contributed by atoms with Crippen LogP contribution in [0, 0.1) is 13.8 Å². The van der Waals surface area contributed by atoms with Crippen LogP contribution in [0.4, 0.5) is 18.9 Å². The molecule has 0 spiro atoms. The molecule has 1 N–H and O–H groups in total. The molecule has 0 bridgehead atoms. The van der Waals surface area contributed by atoms with Crippen molar-refractivity contribution < 1.29 is 18.0 Å². The van der Waals surface area contributed by atoms with Crippen LogP contribution >= 0.6 is 11.6 Å². The third-order valence-electron chi connectivity index (χ3n) is 4.19. The zero-order valence-corrected chi connectivity index (χ0v) is 15.2. The molecule has 4 nitrogen and oxygen atoms in total. The quantitative estimate of drug-likeness (QED) is 0.646. The predicted octanol–water partition coefficient (Wildman–Crippen LogP) is 5.41. The van der Waals surface area contributed by atoms with Gasteiger partial charge in [0, 0.05) is 10.7 Å². The molecule has 27 heavy (non-hydrogen) atoms. The lowest BCUT2D eigenvalue weighted by molar-refractivity contribution is -0.143. The summed E-state index contributed by atoms with van der Waals surface area (Å²) < 4.78 is 41.8. The van der Waals surface area contributed by atoms with Crippen molar-refractivity contribution in [2.24, 2.45) is 0 Å². The van der Waals surface area contributed by atoms with Crippen molar-refractivity contribution in [3.05, 3.63) is 76.1 Å². The van der Waals surface area contributed by atoms with E-state index in [0.29, 0.717) is 10.4 Å². The molecular weight excluding hydrogens is 379 g/mol. The van der Waals surface area contributed by atoms with E-state index in [1.165, 1.54) is 24.3 Å². The Kier molecular flexibility index (Phi) is 4.97. The third-order valence-corrected chi connectivity index (χ3v) is 4.42. The fourth-order valence-electron chi connectivity index (χ4n) is 2.67. The highest BCUT2D eigenvalue weighted by Crippen LogP contribution is 2.34. The van der Waals surface area contributed by atoms with E-state index < -0.39 is 23.3 Å². The zero-order valence-electron chi connectivity index (χ0n) is 14.4. The van der Waals surface area contributed by atoms with Crippen LogP contribution in [0.5, 0.6) is 0 Å². The molecule has 0 saturated heterocycles. The van der Waals surface area contributed by atoms with Gasteiger partial charge in [0.25, 0.3) is 5.91 Å². The molecule has 0 aliphatic heterocycles. The van der Waals surface area contributed by atoms with E-state index in [4.69, 9.17) is 11.6 Å². The van der Waals surface area contributed by atoms with Gasteiger partial charge in [-0.05, 0) is 49.2 Å². The summed E-state index contributed by atoms with van der Waals surface area (Å²) in [7, 11) is 0. The molecule has 0 atom stereocenters. The maximum absolute atomic E-state index is 13.7. The van der Waals surface area contributed by atoms with Gasteiger partial charge in [-0.25, -0.2) is 4.68 Å². The van der Waals surface area contributed by atoms with Crippen LogP contribution in [-0.4, -0.2) is 15.7 Å². The number of alkyl halides is 3. The number of amides is 1. The van der Waals surface area contributed by atoms with Gasteiger partial charge in [-0.1, -0.05) is 29.8 Å². The first-order valence-electron chi connectivity index (χ1n) is 7.97. The lowest BCUT2D eigenvalue weighted by Crippen LogP contribution is -2.21. The highest BCUT2D eigenvalue weighted by atomic mass is 35.5. The number of nitrogens with zero attached hydrogens (tertiary/aromatic N) is 2. The zero-order chi connectivity index (χ0) is 19.8. The van der Waals surface area contributed by atoms with E-state index in [1.807, 2.05) is 13.0 Å². The second kappa shape index (κ2) is 7.08. The van der Waals surface area contributed by atoms with E-state index in [0.717, 1.165) is 17.3 Å². The van der Waals surface area contributed by atoms with E-state index >= 15 is 0 Å². The Hall–Kier alpha value is -2.80. The highest BCUT2D eigenvalue weighted by molar-refractivity contribution is 6.30. The van der Waals surface area contributed by atoms with E-state index in [1.54, 1.807) is 19.1 Å². The summed E-state index contributed by atoms with van der Waals surface area (Å²) in [5.41, 5.74) is 0.528. The van der Waals surface area contributed by atoms with Crippen LogP contribution in [0.2, 0.25) is 5.02 Å². The third kappa shape index (κ3) is 3.83. The lowest BCUT2D eigenvalue weighted by Gasteiger charge is -2.14. The van der Waals surface area contributed by atoms with Gasteiger partial charge in [-0.2, -0.15) is 18.3 Å². The van der Waals surface area contributed by atoms with Gasteiger partial charge in [0.15, 0.2) is 5.69 Å². The Bertz CT molecular complexity index is 1010. The van der Waals surface area contributed by atoms with Gasteiger partial charge in [-0.3, -0.25) is 4.79 Å². The van der Waals surface area contributed by atoms with Crippen molar-refractivity contribution in [2.75, 3.05) is 5.32 Å². The topological polar surface area (TPSA) is 46.9 Å². The first kappa shape index (κ1) is 19.0. The molecule has 1 amide bonds. The Balaban J connectivity index is 2.05. The van der Waals surface area contributed by atoms with Crippen LogP contribution in [-0.2, 0) is 6.18 Å². The van der Waals surface area contributed by atoms with Crippen molar-refractivity contribution in [3.8, 4) is 5.69 Å². The maximum Gasteiger partial charge on any atom is 0.434 e. The molecule has 3 rings (SSSR count). The number of anilines is 1. The highest BCUT2D eigenvalue weighted by Gasteiger charge is 2.40. The van der Waals surface area contributed by atoms with Gasteiger partial charge in [0.2, 0.25) is 0 Å². The summed E-state index contributed by atoms with van der Waals surface area (Å²) in [5, 5.41) is 6.57. The number of hydrogen-bond donors (Lipinski definition) is 1. The van der Waals surface area contributed by atoms with E-state index in [-0.39, 0.29) is 10.7 Å². The number of aryl methyl sites for hydroxylation is 1. The Labute approximate surface area is 158 Å². The molecule has 1 heterocycles. The fraction of sp³-hybridized carbons (Fsp3) is 0.158. The van der Waals surface area contributed by atoms with Crippen LogP contribution in [0.1, 0.15) is 27.2 Å². The molecular formula is C19H15ClF3N3O. The number of halogens is 4. The minimum Gasteiger partial charge on any atom is -0.322 e. The fourth-order valence-corrected chi connectivity index (χ4v) is 2.85. The smallest absolute Gasteiger partial charge is 0.322 e. The van der Waals surface area contributed by atoms with Crippen LogP contribution in [0.15, 0.2) is 48.7 Å². The number of aromatic nitrogens is 2. The Morgan fingerprint density at radius 2 is 1.85 bits per heavy atom. The molecule has 0 unspecified atom stereocenters. The summed E-state index contributed by atoms with van der Waals surface area (Å²) in [5.74, 6) is -0.885. The first-order valence-corrected chi connectivity index (χ1v) is 8.35. The van der Waals surface area contributed by atoms with E-state index in [2.05, 4.69) is 10.4 Å². The first-order chi connectivity index (χ1) is 12.7. The number of carbonyl (C=O) groups is 1. The van der Waals surface area contributed by atoms with Crippen LogP contribution < -0.4 is 5.32 Å². The maximum atomic E-state index is 13.7. The van der Waals surface area contributed by atoms with Gasteiger partial charge in [0.05, 0.1) is 17.4 Å². The monoisotopic (exact) mass is 393 g/mol. The predicted molar refractivity (Wildman–Crippen MR) is 97.4 cm³/mol. The average molecular weight is 394 g/mol. The molecule has 0 saturated carbocycles. The van der Waals surface area contributed by atoms with Gasteiger partial charge >= 0.3 is 6.18 Å². The summed E-state index contributed by atoms with van der Waals surface area (Å²) in [6, 6.07) is 11.0. The molecule has 0 aliphatic carbocycles. The molecule has 8 heteroatoms. The molecule has 2 aromatic carbocycles. The summed E-state index contributed by atoms with van der Waals surface area (Å²) in [6.45, 7) is 3.63. The molecule has 3 aromatic rings. The molecule has 0 aliphatic rings. The minimum atomic E-state index is -4.78. The number of rotatable bonds is 3. The van der Waals surface area contributed by atoms with Crippen molar-refractivity contribution >= 4 is 23.2 Å². The number of hydrogen-bond acceptors (Lipinski definition) is 2. The standard InChI is InChI=1S/C19H15ClF3N3O/c1-11-5-3-8-16(12(11)2)25-18(27)15-10-24-26(17(15)19(21,22)23)14-7-4-6-13(20)9-14/h3-10H,1-2H3,(H,25,27). The van der Waals surface area contributed by atoms with E-state index in [9.17, 15) is 18.0 Å². The number of nitrogens with one attached hydrogen (secondary N) is 1. The second-order valence-electron chi connectivity index (χ2n) is 6.00. The van der Waals surface area contributed by atoms with Crippen molar-refractivity contribution in [3.63, 3.8) is 0 Å². The summed E-state index contributed by atoms with van der Waals surface area (Å²) in [6.07, 6.45) is -3.88. The lowest BCUT2D eigenvalue weighted by atomic mass is 10.1. The number of benzene rings is 2. The second-order valence-corrected chi connectivity index (χ2v) is 6.43. The van der Waals surface area contributed by atoms with Crippen molar-refractivity contribution in [2.45, 2.75) is 20.0 Å². The summed E-state index contributed by atoms with van der Waals surface area (Å²) >= 11 is 5.87. The average Bonchev–Trinajstić information content (AvgIpc) is 3.04. The van der Waals surface area contributed by atoms with Crippen molar-refractivity contribution in [1.29, 1.82) is 0 Å². The van der Waals surface area contributed by atoms with Gasteiger partial charge in [-0.15, -0.1) is 0 Å². The van der Waals surface area contributed by atoms with Crippen molar-refractivity contribution in [1.82, 2.24) is 9.78 Å². The SMILES string of the molecule is Cc1cccc(NC(=O)c2cnn(-c3cccc(Cl)c3)c2C(F)(F)F)c1C. The van der Waals surface area contributed by atoms with Gasteiger partial charge in [0.1, 0.15) is 0 Å². The number of carbonyl (C=O) groups excluding carboxylic acids is 1.